The molecular formula is C26H22Cl4N4O. The zero-order chi connectivity index (χ0) is 24.8. The van der Waals surface area contributed by atoms with E-state index in [1.54, 1.807) is 12.1 Å². The largest absolute Gasteiger partial charge is 0.369 e. The second-order valence-electron chi connectivity index (χ2n) is 7.69. The molecule has 2 amide bonds. The molecule has 4 aromatic rings. The zero-order valence-electron chi connectivity index (χ0n) is 18.6. The van der Waals surface area contributed by atoms with Crippen molar-refractivity contribution in [3.8, 4) is 11.3 Å². The van der Waals surface area contributed by atoms with Crippen molar-refractivity contribution in [3.63, 3.8) is 0 Å². The summed E-state index contributed by atoms with van der Waals surface area (Å²) in [6.45, 7) is 1.38. The molecule has 0 saturated carbocycles. The standard InChI is InChI=1S/C26H22Cl4N4O/c27-11-13-34(14-12-28)19-8-6-18(7-9-19)31-26(35)33-25-16-24(17-5-10-21(29)22(30)15-17)32-23-4-2-1-3-20(23)25/h1-10,15-16H,11-14H2,(H2,31,32,33,35). The summed E-state index contributed by atoms with van der Waals surface area (Å²) in [6, 6.07) is 21.9. The lowest BCUT2D eigenvalue weighted by Gasteiger charge is -2.23. The topological polar surface area (TPSA) is 57.3 Å². The van der Waals surface area contributed by atoms with Gasteiger partial charge in [0.05, 0.1) is 26.9 Å². The van der Waals surface area contributed by atoms with Crippen molar-refractivity contribution in [2.24, 2.45) is 0 Å². The van der Waals surface area contributed by atoms with Crippen molar-refractivity contribution >= 4 is 80.4 Å². The Hall–Kier alpha value is -2.70. The summed E-state index contributed by atoms with van der Waals surface area (Å²) in [5, 5.41) is 7.56. The van der Waals surface area contributed by atoms with Crippen LogP contribution in [0.2, 0.25) is 10.0 Å². The van der Waals surface area contributed by atoms with E-state index in [0.29, 0.717) is 52.0 Å². The molecule has 4 rings (SSSR count). The number of para-hydroxylation sites is 1. The summed E-state index contributed by atoms with van der Waals surface area (Å²) >= 11 is 24.1. The van der Waals surface area contributed by atoms with Crippen LogP contribution < -0.4 is 15.5 Å². The van der Waals surface area contributed by atoms with Crippen LogP contribution in [0, 0.1) is 0 Å². The number of nitrogens with zero attached hydrogens (tertiary/aromatic N) is 2. The quantitative estimate of drug-likeness (QED) is 0.219. The number of alkyl halides is 2. The van der Waals surface area contributed by atoms with E-state index in [1.807, 2.05) is 60.7 Å². The van der Waals surface area contributed by atoms with Gasteiger partial charge in [0.2, 0.25) is 0 Å². The molecule has 0 bridgehead atoms. The monoisotopic (exact) mass is 546 g/mol. The number of fused-ring (bicyclic) bond motifs is 1. The number of aromatic nitrogens is 1. The molecule has 0 aliphatic carbocycles. The van der Waals surface area contributed by atoms with E-state index in [9.17, 15) is 4.79 Å². The van der Waals surface area contributed by atoms with E-state index < -0.39 is 0 Å². The predicted molar refractivity (Wildman–Crippen MR) is 150 cm³/mol. The van der Waals surface area contributed by atoms with Gasteiger partial charge in [-0.05, 0) is 48.5 Å². The summed E-state index contributed by atoms with van der Waals surface area (Å²) in [5.74, 6) is 1.01. The average Bonchev–Trinajstić information content (AvgIpc) is 2.86. The number of hydrogen-bond acceptors (Lipinski definition) is 3. The number of urea groups is 1. The lowest BCUT2D eigenvalue weighted by molar-refractivity contribution is 0.262. The average molecular weight is 548 g/mol. The summed E-state index contributed by atoms with van der Waals surface area (Å²) in [6.07, 6.45) is 0. The first-order chi connectivity index (χ1) is 17.0. The van der Waals surface area contributed by atoms with Crippen LogP contribution in [-0.2, 0) is 0 Å². The van der Waals surface area contributed by atoms with E-state index >= 15 is 0 Å². The minimum atomic E-state index is -0.368. The van der Waals surface area contributed by atoms with Crippen LogP contribution in [0.1, 0.15) is 0 Å². The molecule has 180 valence electrons. The Labute approximate surface area is 224 Å². The Morgan fingerprint density at radius 2 is 1.54 bits per heavy atom. The number of carbonyl (C=O) groups excluding carboxylic acids is 1. The van der Waals surface area contributed by atoms with Crippen molar-refractivity contribution in [2.75, 3.05) is 40.4 Å². The van der Waals surface area contributed by atoms with Crippen LogP contribution in [0.15, 0.2) is 72.8 Å². The maximum atomic E-state index is 12.9. The molecule has 0 atom stereocenters. The number of amides is 2. The smallest absolute Gasteiger partial charge is 0.323 e. The number of rotatable bonds is 8. The van der Waals surface area contributed by atoms with Gasteiger partial charge < -0.3 is 15.5 Å². The Kier molecular flexibility index (Phi) is 8.58. The summed E-state index contributed by atoms with van der Waals surface area (Å²) in [5.41, 5.74) is 4.48. The summed E-state index contributed by atoms with van der Waals surface area (Å²) in [7, 11) is 0. The van der Waals surface area contributed by atoms with Gasteiger partial charge in [0.15, 0.2) is 0 Å². The Morgan fingerprint density at radius 1 is 0.829 bits per heavy atom. The fourth-order valence-corrected chi connectivity index (χ4v) is 4.40. The number of benzene rings is 3. The number of pyridine rings is 1. The number of halogens is 4. The molecule has 0 saturated heterocycles. The summed E-state index contributed by atoms with van der Waals surface area (Å²) < 4.78 is 0. The SMILES string of the molecule is O=C(Nc1ccc(N(CCCl)CCCl)cc1)Nc1cc(-c2ccc(Cl)c(Cl)c2)nc2ccccc12. The van der Waals surface area contributed by atoms with Crippen LogP contribution in [0.25, 0.3) is 22.2 Å². The fourth-order valence-electron chi connectivity index (χ4n) is 3.70. The molecule has 35 heavy (non-hydrogen) atoms. The lowest BCUT2D eigenvalue weighted by atomic mass is 10.1. The molecule has 5 nitrogen and oxygen atoms in total. The normalized spacial score (nSPS) is 10.9. The predicted octanol–water partition coefficient (Wildman–Crippen LogP) is 8.14. The van der Waals surface area contributed by atoms with Gasteiger partial charge in [-0.1, -0.05) is 47.5 Å². The van der Waals surface area contributed by atoms with E-state index in [0.717, 1.165) is 22.2 Å². The van der Waals surface area contributed by atoms with E-state index in [4.69, 9.17) is 51.4 Å². The van der Waals surface area contributed by atoms with Gasteiger partial charge in [0, 0.05) is 47.2 Å². The molecule has 0 aliphatic rings. The van der Waals surface area contributed by atoms with Crippen LogP contribution in [-0.4, -0.2) is 35.9 Å². The van der Waals surface area contributed by atoms with Crippen molar-refractivity contribution in [2.45, 2.75) is 0 Å². The second kappa shape index (κ2) is 11.8. The molecule has 0 radical (unpaired) electrons. The van der Waals surface area contributed by atoms with Gasteiger partial charge in [-0.2, -0.15) is 0 Å². The first-order valence-electron chi connectivity index (χ1n) is 10.9. The fraction of sp³-hybridized carbons (Fsp3) is 0.154. The van der Waals surface area contributed by atoms with E-state index in [1.165, 1.54) is 0 Å². The zero-order valence-corrected chi connectivity index (χ0v) is 21.6. The third-order valence-corrected chi connectivity index (χ3v) is 6.46. The second-order valence-corrected chi connectivity index (χ2v) is 9.26. The van der Waals surface area contributed by atoms with Crippen LogP contribution in [0.3, 0.4) is 0 Å². The number of nitrogens with one attached hydrogen (secondary N) is 2. The van der Waals surface area contributed by atoms with E-state index in [2.05, 4.69) is 15.5 Å². The van der Waals surface area contributed by atoms with Crippen LogP contribution in [0.5, 0.6) is 0 Å². The Bertz CT molecular complexity index is 1320. The number of anilines is 3. The molecule has 3 aromatic carbocycles. The Balaban J connectivity index is 1.56. The third-order valence-electron chi connectivity index (χ3n) is 5.38. The first-order valence-corrected chi connectivity index (χ1v) is 12.7. The molecule has 1 aromatic heterocycles. The Morgan fingerprint density at radius 3 is 2.23 bits per heavy atom. The molecular weight excluding hydrogens is 526 g/mol. The van der Waals surface area contributed by atoms with Gasteiger partial charge >= 0.3 is 6.03 Å². The molecule has 9 heteroatoms. The maximum Gasteiger partial charge on any atom is 0.323 e. The minimum Gasteiger partial charge on any atom is -0.369 e. The highest BCUT2D eigenvalue weighted by Gasteiger charge is 2.12. The molecule has 2 N–H and O–H groups in total. The van der Waals surface area contributed by atoms with E-state index in [-0.39, 0.29) is 6.03 Å². The molecule has 0 aliphatic heterocycles. The van der Waals surface area contributed by atoms with Crippen LogP contribution >= 0.6 is 46.4 Å². The van der Waals surface area contributed by atoms with Crippen LogP contribution in [0.4, 0.5) is 21.9 Å². The summed E-state index contributed by atoms with van der Waals surface area (Å²) in [4.78, 5) is 19.7. The molecule has 0 unspecified atom stereocenters. The third kappa shape index (κ3) is 6.30. The van der Waals surface area contributed by atoms with Gasteiger partial charge in [0.25, 0.3) is 0 Å². The first kappa shape index (κ1) is 25.4. The number of carbonyl (C=O) groups is 1. The van der Waals surface area contributed by atoms with Gasteiger partial charge in [0.1, 0.15) is 0 Å². The lowest BCUT2D eigenvalue weighted by Crippen LogP contribution is -2.27. The molecule has 0 spiro atoms. The highest BCUT2D eigenvalue weighted by Crippen LogP contribution is 2.32. The number of hydrogen-bond donors (Lipinski definition) is 2. The van der Waals surface area contributed by atoms with Crippen molar-refractivity contribution in [1.29, 1.82) is 0 Å². The highest BCUT2D eigenvalue weighted by molar-refractivity contribution is 6.42. The van der Waals surface area contributed by atoms with Gasteiger partial charge in [-0.25, -0.2) is 9.78 Å². The molecule has 1 heterocycles. The van der Waals surface area contributed by atoms with Gasteiger partial charge in [-0.15, -0.1) is 23.2 Å². The van der Waals surface area contributed by atoms with Crippen molar-refractivity contribution in [1.82, 2.24) is 4.98 Å². The highest BCUT2D eigenvalue weighted by atomic mass is 35.5. The molecule has 0 fully saturated rings. The van der Waals surface area contributed by atoms with Crippen molar-refractivity contribution in [3.05, 3.63) is 82.8 Å². The van der Waals surface area contributed by atoms with Gasteiger partial charge in [-0.3, -0.25) is 0 Å². The maximum absolute atomic E-state index is 12.9. The van der Waals surface area contributed by atoms with Crippen molar-refractivity contribution < 1.29 is 4.79 Å². The minimum absolute atomic E-state index is 0.368.